The van der Waals surface area contributed by atoms with Gasteiger partial charge in [-0.05, 0) is 44.8 Å². The van der Waals surface area contributed by atoms with Gasteiger partial charge in [0.05, 0.1) is 18.3 Å². The van der Waals surface area contributed by atoms with Crippen LogP contribution < -0.4 is 0 Å². The van der Waals surface area contributed by atoms with Crippen molar-refractivity contribution < 1.29 is 9.18 Å². The average Bonchev–Trinajstić information content (AvgIpc) is 3.33. The molecule has 0 unspecified atom stereocenters. The second-order valence-electron chi connectivity index (χ2n) is 7.44. The Hall–Kier alpha value is -2.35. The van der Waals surface area contributed by atoms with E-state index >= 15 is 0 Å². The molecular formula is C19H25FN6O. The van der Waals surface area contributed by atoms with Crippen LogP contribution in [0.5, 0.6) is 0 Å². The molecule has 8 heteroatoms. The maximum atomic E-state index is 13.8. The standard InChI is InChI=1S/C19H25FN6O/c1-24-17(13-25-8-2-3-9-25)22-23-18(24)14-5-10-26(11-6-14)19(27)15-4-7-21-12-16(15)20/h4,7,12,14H,2-3,5-6,8-11,13H2,1H3. The van der Waals surface area contributed by atoms with E-state index in [-0.39, 0.29) is 17.4 Å². The molecular weight excluding hydrogens is 347 g/mol. The Morgan fingerprint density at radius 2 is 1.93 bits per heavy atom. The van der Waals surface area contributed by atoms with Gasteiger partial charge >= 0.3 is 0 Å². The van der Waals surface area contributed by atoms with Gasteiger partial charge in [-0.3, -0.25) is 14.7 Å². The number of nitrogens with zero attached hydrogens (tertiary/aromatic N) is 6. The topological polar surface area (TPSA) is 67.2 Å². The number of carbonyl (C=O) groups excluding carboxylic acids is 1. The molecule has 0 aliphatic carbocycles. The third kappa shape index (κ3) is 3.71. The summed E-state index contributed by atoms with van der Waals surface area (Å²) >= 11 is 0. The molecule has 0 spiro atoms. The molecule has 4 heterocycles. The summed E-state index contributed by atoms with van der Waals surface area (Å²) in [6, 6.07) is 1.44. The van der Waals surface area contributed by atoms with Gasteiger partial charge in [0.1, 0.15) is 11.6 Å². The third-order valence-electron chi connectivity index (χ3n) is 5.71. The first kappa shape index (κ1) is 18.0. The maximum Gasteiger partial charge on any atom is 0.256 e. The van der Waals surface area contributed by atoms with Gasteiger partial charge in [0.2, 0.25) is 0 Å². The minimum atomic E-state index is -0.565. The van der Waals surface area contributed by atoms with Gasteiger partial charge < -0.3 is 9.47 Å². The molecule has 0 atom stereocenters. The lowest BCUT2D eigenvalue weighted by atomic mass is 9.95. The highest BCUT2D eigenvalue weighted by Crippen LogP contribution is 2.28. The summed E-state index contributed by atoms with van der Waals surface area (Å²) in [5, 5.41) is 8.84. The van der Waals surface area contributed by atoms with E-state index in [1.807, 2.05) is 7.05 Å². The number of rotatable bonds is 4. The second kappa shape index (κ2) is 7.72. The molecule has 4 rings (SSSR count). The maximum absolute atomic E-state index is 13.8. The molecule has 0 N–H and O–H groups in total. The monoisotopic (exact) mass is 372 g/mol. The number of likely N-dealkylation sites (tertiary alicyclic amines) is 2. The SMILES string of the molecule is Cn1c(CN2CCCC2)nnc1C1CCN(C(=O)c2ccncc2F)CC1. The number of aromatic nitrogens is 4. The van der Waals surface area contributed by atoms with Crippen molar-refractivity contribution in [3.8, 4) is 0 Å². The smallest absolute Gasteiger partial charge is 0.256 e. The molecule has 144 valence electrons. The van der Waals surface area contributed by atoms with Crippen LogP contribution in [0.1, 0.15) is 53.6 Å². The van der Waals surface area contributed by atoms with E-state index < -0.39 is 5.82 Å². The van der Waals surface area contributed by atoms with E-state index in [1.165, 1.54) is 25.1 Å². The Morgan fingerprint density at radius 3 is 2.63 bits per heavy atom. The van der Waals surface area contributed by atoms with Gasteiger partial charge in [-0.1, -0.05) is 0 Å². The van der Waals surface area contributed by atoms with Crippen LogP contribution in [0.2, 0.25) is 0 Å². The van der Waals surface area contributed by atoms with E-state index in [4.69, 9.17) is 0 Å². The zero-order valence-electron chi connectivity index (χ0n) is 15.6. The average molecular weight is 372 g/mol. The van der Waals surface area contributed by atoms with Crippen molar-refractivity contribution in [1.82, 2.24) is 29.5 Å². The molecule has 2 saturated heterocycles. The predicted molar refractivity (Wildman–Crippen MR) is 97.6 cm³/mol. The molecule has 2 aliphatic heterocycles. The third-order valence-corrected chi connectivity index (χ3v) is 5.71. The van der Waals surface area contributed by atoms with Crippen molar-refractivity contribution in [2.45, 2.75) is 38.1 Å². The molecule has 0 aromatic carbocycles. The molecule has 2 aromatic rings. The van der Waals surface area contributed by atoms with E-state index in [1.54, 1.807) is 4.90 Å². The minimum absolute atomic E-state index is 0.0926. The Morgan fingerprint density at radius 1 is 1.19 bits per heavy atom. The van der Waals surface area contributed by atoms with E-state index in [2.05, 4.69) is 24.6 Å². The second-order valence-corrected chi connectivity index (χ2v) is 7.44. The van der Waals surface area contributed by atoms with E-state index in [9.17, 15) is 9.18 Å². The first-order chi connectivity index (χ1) is 13.1. The lowest BCUT2D eigenvalue weighted by Crippen LogP contribution is -2.38. The van der Waals surface area contributed by atoms with Crippen LogP contribution in [-0.4, -0.2) is 61.6 Å². The lowest BCUT2D eigenvalue weighted by Gasteiger charge is -2.31. The Balaban J connectivity index is 1.38. The summed E-state index contributed by atoms with van der Waals surface area (Å²) in [4.78, 5) is 20.4. The van der Waals surface area contributed by atoms with Crippen LogP contribution >= 0.6 is 0 Å². The summed E-state index contributed by atoms with van der Waals surface area (Å²) in [5.41, 5.74) is 0.0926. The minimum Gasteiger partial charge on any atom is -0.339 e. The molecule has 0 saturated carbocycles. The van der Waals surface area contributed by atoms with Gasteiger partial charge in [0.15, 0.2) is 5.82 Å². The number of halogens is 1. The lowest BCUT2D eigenvalue weighted by molar-refractivity contribution is 0.0705. The number of carbonyl (C=O) groups is 1. The van der Waals surface area contributed by atoms with Gasteiger partial charge in [-0.2, -0.15) is 0 Å². The van der Waals surface area contributed by atoms with Crippen molar-refractivity contribution in [3.63, 3.8) is 0 Å². The van der Waals surface area contributed by atoms with E-state index in [0.29, 0.717) is 13.1 Å². The van der Waals surface area contributed by atoms with Crippen LogP contribution in [0.15, 0.2) is 18.5 Å². The number of hydrogen-bond donors (Lipinski definition) is 0. The van der Waals surface area contributed by atoms with Gasteiger partial charge in [-0.15, -0.1) is 10.2 Å². The molecule has 1 amide bonds. The fraction of sp³-hybridized carbons (Fsp3) is 0.579. The van der Waals surface area contributed by atoms with Gasteiger partial charge in [0.25, 0.3) is 5.91 Å². The Kier molecular flexibility index (Phi) is 5.15. The highest BCUT2D eigenvalue weighted by molar-refractivity contribution is 5.94. The van der Waals surface area contributed by atoms with Crippen molar-refractivity contribution in [3.05, 3.63) is 41.5 Å². The van der Waals surface area contributed by atoms with Crippen molar-refractivity contribution in [2.75, 3.05) is 26.2 Å². The highest BCUT2D eigenvalue weighted by atomic mass is 19.1. The zero-order valence-corrected chi connectivity index (χ0v) is 15.6. The molecule has 0 bridgehead atoms. The normalized spacial score (nSPS) is 19.0. The molecule has 27 heavy (non-hydrogen) atoms. The summed E-state index contributed by atoms with van der Waals surface area (Å²) in [5.74, 6) is 1.45. The molecule has 2 aromatic heterocycles. The Labute approximate surface area is 158 Å². The first-order valence-corrected chi connectivity index (χ1v) is 9.63. The van der Waals surface area contributed by atoms with Crippen LogP contribution in [0.25, 0.3) is 0 Å². The predicted octanol–water partition coefficient (Wildman–Crippen LogP) is 1.96. The molecule has 0 radical (unpaired) electrons. The largest absolute Gasteiger partial charge is 0.339 e. The summed E-state index contributed by atoms with van der Waals surface area (Å²) < 4.78 is 15.9. The first-order valence-electron chi connectivity index (χ1n) is 9.63. The fourth-order valence-electron chi connectivity index (χ4n) is 4.07. The van der Waals surface area contributed by atoms with Gasteiger partial charge in [-0.25, -0.2) is 4.39 Å². The van der Waals surface area contributed by atoms with Gasteiger partial charge in [0, 0.05) is 32.3 Å². The van der Waals surface area contributed by atoms with Crippen LogP contribution in [-0.2, 0) is 13.6 Å². The van der Waals surface area contributed by atoms with Crippen molar-refractivity contribution in [1.29, 1.82) is 0 Å². The summed E-state index contributed by atoms with van der Waals surface area (Å²) in [6.07, 6.45) is 6.68. The molecule has 2 aliphatic rings. The summed E-state index contributed by atoms with van der Waals surface area (Å²) in [7, 11) is 2.03. The number of amides is 1. The van der Waals surface area contributed by atoms with E-state index in [0.717, 1.165) is 50.3 Å². The highest BCUT2D eigenvalue weighted by Gasteiger charge is 2.29. The van der Waals surface area contributed by atoms with Crippen LogP contribution in [0.4, 0.5) is 4.39 Å². The quantitative estimate of drug-likeness (QED) is 0.821. The zero-order chi connectivity index (χ0) is 18.8. The fourth-order valence-corrected chi connectivity index (χ4v) is 4.07. The molecule has 7 nitrogen and oxygen atoms in total. The van der Waals surface area contributed by atoms with Crippen molar-refractivity contribution in [2.24, 2.45) is 7.05 Å². The Bertz CT molecular complexity index is 808. The number of pyridine rings is 1. The number of hydrogen-bond acceptors (Lipinski definition) is 5. The van der Waals surface area contributed by atoms with Crippen LogP contribution in [0, 0.1) is 5.82 Å². The van der Waals surface area contributed by atoms with Crippen molar-refractivity contribution >= 4 is 5.91 Å². The molecule has 2 fully saturated rings. The number of piperidine rings is 1. The summed E-state index contributed by atoms with van der Waals surface area (Å²) in [6.45, 7) is 4.31. The van der Waals surface area contributed by atoms with Crippen LogP contribution in [0.3, 0.4) is 0 Å².